The molecule has 0 aliphatic carbocycles. The smallest absolute Gasteiger partial charge is 0.231 e. The number of H-pyrrole nitrogens is 1. The van der Waals surface area contributed by atoms with Crippen LogP contribution in [-0.2, 0) is 0 Å². The number of anilines is 1. The Morgan fingerprint density at radius 3 is 2.89 bits per heavy atom. The van der Waals surface area contributed by atoms with Gasteiger partial charge in [-0.1, -0.05) is 0 Å². The molecule has 3 heterocycles. The molecule has 0 bridgehead atoms. The molecule has 1 aromatic carbocycles. The number of imidazole rings is 1. The lowest BCUT2D eigenvalue weighted by Crippen LogP contribution is -1.92. The van der Waals surface area contributed by atoms with Gasteiger partial charge in [0.1, 0.15) is 11.6 Å². The van der Waals surface area contributed by atoms with Crippen LogP contribution in [0, 0.1) is 0 Å². The molecule has 0 atom stereocenters. The molecule has 0 radical (unpaired) electrons. The average molecular weight is 254 g/mol. The first-order valence-corrected chi connectivity index (χ1v) is 5.82. The van der Waals surface area contributed by atoms with Crippen LogP contribution < -0.4 is 15.2 Å². The van der Waals surface area contributed by atoms with Crippen molar-refractivity contribution in [3.63, 3.8) is 0 Å². The number of hydrogen-bond acceptors (Lipinski definition) is 5. The first kappa shape index (κ1) is 10.2. The molecule has 4 rings (SSSR count). The zero-order valence-corrected chi connectivity index (χ0v) is 9.88. The molecule has 19 heavy (non-hydrogen) atoms. The fraction of sp³-hybridized carbons (Fsp3) is 0.0769. The Balaban J connectivity index is 1.85. The maximum atomic E-state index is 5.64. The molecule has 6 nitrogen and oxygen atoms in total. The number of nitrogens with two attached hydrogens (primary N) is 1. The third-order valence-electron chi connectivity index (χ3n) is 3.01. The number of fused-ring (bicyclic) bond motifs is 2. The van der Waals surface area contributed by atoms with Gasteiger partial charge in [-0.25, -0.2) is 9.97 Å². The molecule has 1 aliphatic rings. The third kappa shape index (κ3) is 1.57. The van der Waals surface area contributed by atoms with E-state index in [1.807, 2.05) is 24.3 Å². The highest BCUT2D eigenvalue weighted by atomic mass is 16.7. The number of nitrogen functional groups attached to an aromatic ring is 1. The summed E-state index contributed by atoms with van der Waals surface area (Å²) < 4.78 is 10.6. The van der Waals surface area contributed by atoms with Crippen molar-refractivity contribution in [1.82, 2.24) is 15.0 Å². The van der Waals surface area contributed by atoms with Crippen LogP contribution in [0.2, 0.25) is 0 Å². The Labute approximate surface area is 108 Å². The fourth-order valence-electron chi connectivity index (χ4n) is 2.09. The van der Waals surface area contributed by atoms with E-state index in [1.165, 1.54) is 0 Å². The summed E-state index contributed by atoms with van der Waals surface area (Å²) >= 11 is 0. The Bertz CT molecular complexity index is 781. The van der Waals surface area contributed by atoms with Crippen LogP contribution in [0.1, 0.15) is 0 Å². The van der Waals surface area contributed by atoms with E-state index in [1.54, 1.807) is 6.07 Å². The second kappa shape index (κ2) is 3.61. The quantitative estimate of drug-likeness (QED) is 0.693. The number of nitrogens with zero attached hydrogens (tertiary/aromatic N) is 2. The predicted octanol–water partition coefficient (Wildman–Crippen LogP) is 1.94. The maximum absolute atomic E-state index is 5.64. The van der Waals surface area contributed by atoms with Gasteiger partial charge in [-0.3, -0.25) is 0 Å². The first-order chi connectivity index (χ1) is 9.29. The van der Waals surface area contributed by atoms with Gasteiger partial charge in [0.05, 0.1) is 5.52 Å². The van der Waals surface area contributed by atoms with Gasteiger partial charge in [0.15, 0.2) is 17.1 Å². The minimum atomic E-state index is 0.261. The molecule has 6 heteroatoms. The van der Waals surface area contributed by atoms with Gasteiger partial charge >= 0.3 is 0 Å². The molecule has 2 aromatic heterocycles. The molecular formula is C13H10N4O2. The molecule has 1 aliphatic heterocycles. The van der Waals surface area contributed by atoms with Crippen LogP contribution in [-0.4, -0.2) is 21.7 Å². The predicted molar refractivity (Wildman–Crippen MR) is 69.9 cm³/mol. The summed E-state index contributed by atoms with van der Waals surface area (Å²) in [6.07, 6.45) is 0. The second-order valence-corrected chi connectivity index (χ2v) is 4.26. The minimum absolute atomic E-state index is 0.261. The average Bonchev–Trinajstić information content (AvgIpc) is 3.02. The fourth-order valence-corrected chi connectivity index (χ4v) is 2.09. The van der Waals surface area contributed by atoms with Gasteiger partial charge in [-0.05, 0) is 30.3 Å². The molecule has 0 amide bonds. The molecule has 0 saturated heterocycles. The standard InChI is InChI=1S/C13H10N4O2/c14-11-4-2-8-13(16-11)17-12(15-8)7-1-3-9-10(5-7)19-6-18-9/h1-5H,6H2,(H3,14,15,16,17). The summed E-state index contributed by atoms with van der Waals surface area (Å²) in [4.78, 5) is 11.8. The van der Waals surface area contributed by atoms with Crippen LogP contribution in [0.25, 0.3) is 22.6 Å². The summed E-state index contributed by atoms with van der Waals surface area (Å²) in [5, 5.41) is 0. The van der Waals surface area contributed by atoms with Crippen molar-refractivity contribution >= 4 is 17.0 Å². The van der Waals surface area contributed by atoms with Gasteiger partial charge in [0, 0.05) is 5.56 Å². The lowest BCUT2D eigenvalue weighted by atomic mass is 10.2. The molecule has 0 saturated carbocycles. The van der Waals surface area contributed by atoms with Gasteiger partial charge in [-0.2, -0.15) is 0 Å². The summed E-state index contributed by atoms with van der Waals surface area (Å²) in [7, 11) is 0. The third-order valence-corrected chi connectivity index (χ3v) is 3.01. The molecular weight excluding hydrogens is 244 g/mol. The number of nitrogens with one attached hydrogen (secondary N) is 1. The van der Waals surface area contributed by atoms with E-state index in [9.17, 15) is 0 Å². The number of ether oxygens (including phenoxy) is 2. The van der Waals surface area contributed by atoms with E-state index < -0.39 is 0 Å². The summed E-state index contributed by atoms with van der Waals surface area (Å²) in [6.45, 7) is 0.261. The Morgan fingerprint density at radius 2 is 1.95 bits per heavy atom. The molecule has 3 N–H and O–H groups in total. The SMILES string of the molecule is Nc1ccc2[nH]c(-c3ccc4c(c3)OCO4)nc2n1. The summed E-state index contributed by atoms with van der Waals surface area (Å²) in [5.41, 5.74) is 8.01. The van der Waals surface area contributed by atoms with Gasteiger partial charge in [0.2, 0.25) is 6.79 Å². The largest absolute Gasteiger partial charge is 0.454 e. The van der Waals surface area contributed by atoms with Crippen LogP contribution in [0.4, 0.5) is 5.82 Å². The maximum Gasteiger partial charge on any atom is 0.231 e. The lowest BCUT2D eigenvalue weighted by molar-refractivity contribution is 0.174. The molecule has 94 valence electrons. The molecule has 0 spiro atoms. The number of benzene rings is 1. The van der Waals surface area contributed by atoms with Crippen LogP contribution >= 0.6 is 0 Å². The minimum Gasteiger partial charge on any atom is -0.454 e. The second-order valence-electron chi connectivity index (χ2n) is 4.26. The number of aromatic amines is 1. The normalized spacial score (nSPS) is 13.1. The summed E-state index contributed by atoms with van der Waals surface area (Å²) in [5.74, 6) is 2.66. The molecule has 3 aromatic rings. The zero-order valence-electron chi connectivity index (χ0n) is 9.88. The number of aromatic nitrogens is 3. The number of rotatable bonds is 1. The molecule has 0 unspecified atom stereocenters. The van der Waals surface area contributed by atoms with E-state index >= 15 is 0 Å². The highest BCUT2D eigenvalue weighted by Gasteiger charge is 2.15. The van der Waals surface area contributed by atoms with E-state index in [0.29, 0.717) is 11.5 Å². The summed E-state index contributed by atoms with van der Waals surface area (Å²) in [6, 6.07) is 9.29. The number of pyridine rings is 1. The topological polar surface area (TPSA) is 86.1 Å². The highest BCUT2D eigenvalue weighted by Crippen LogP contribution is 2.35. The Morgan fingerprint density at radius 1 is 1.05 bits per heavy atom. The van der Waals surface area contributed by atoms with Gasteiger partial charge in [-0.15, -0.1) is 0 Å². The lowest BCUT2D eigenvalue weighted by Gasteiger charge is -1.99. The van der Waals surface area contributed by atoms with Crippen molar-refractivity contribution in [2.75, 3.05) is 12.5 Å². The van der Waals surface area contributed by atoms with E-state index in [0.717, 1.165) is 28.4 Å². The van der Waals surface area contributed by atoms with Gasteiger partial charge < -0.3 is 20.2 Å². The van der Waals surface area contributed by atoms with Crippen molar-refractivity contribution in [3.05, 3.63) is 30.3 Å². The Hall–Kier alpha value is -2.76. The number of hydrogen-bond donors (Lipinski definition) is 2. The van der Waals surface area contributed by atoms with Crippen molar-refractivity contribution in [2.45, 2.75) is 0 Å². The van der Waals surface area contributed by atoms with Crippen molar-refractivity contribution < 1.29 is 9.47 Å². The van der Waals surface area contributed by atoms with Crippen molar-refractivity contribution in [1.29, 1.82) is 0 Å². The monoisotopic (exact) mass is 254 g/mol. The van der Waals surface area contributed by atoms with Gasteiger partial charge in [0.25, 0.3) is 0 Å². The molecule has 0 fully saturated rings. The van der Waals surface area contributed by atoms with Crippen molar-refractivity contribution in [2.24, 2.45) is 0 Å². The van der Waals surface area contributed by atoms with Crippen LogP contribution in [0.15, 0.2) is 30.3 Å². The Kier molecular flexibility index (Phi) is 1.94. The first-order valence-electron chi connectivity index (χ1n) is 5.82. The van der Waals surface area contributed by atoms with Crippen molar-refractivity contribution in [3.8, 4) is 22.9 Å². The van der Waals surface area contributed by atoms with Crippen LogP contribution in [0.5, 0.6) is 11.5 Å². The highest BCUT2D eigenvalue weighted by molar-refractivity contribution is 5.77. The van der Waals surface area contributed by atoms with Crippen LogP contribution in [0.3, 0.4) is 0 Å². The van der Waals surface area contributed by atoms with E-state index in [2.05, 4.69) is 15.0 Å². The van der Waals surface area contributed by atoms with E-state index in [-0.39, 0.29) is 6.79 Å². The zero-order chi connectivity index (χ0) is 12.8. The van der Waals surface area contributed by atoms with E-state index in [4.69, 9.17) is 15.2 Å².